The first-order valence-corrected chi connectivity index (χ1v) is 11.2. The molecule has 3 aromatic carbocycles. The maximum atomic E-state index is 12.9. The largest absolute Gasteiger partial charge is 0.496 e. The Hall–Kier alpha value is -3.67. The van der Waals surface area contributed by atoms with Crippen molar-refractivity contribution in [2.75, 3.05) is 21.0 Å². The molecule has 0 aliphatic carbocycles. The molecule has 178 valence electrons. The Labute approximate surface area is 200 Å². The van der Waals surface area contributed by atoms with Gasteiger partial charge in [0.2, 0.25) is 6.79 Å². The molecule has 1 aliphatic heterocycles. The van der Waals surface area contributed by atoms with Gasteiger partial charge in [-0.3, -0.25) is 4.79 Å². The van der Waals surface area contributed by atoms with Gasteiger partial charge in [0.05, 0.1) is 20.1 Å². The van der Waals surface area contributed by atoms with Crippen molar-refractivity contribution in [2.45, 2.75) is 32.6 Å². The van der Waals surface area contributed by atoms with Crippen LogP contribution in [0.5, 0.6) is 23.0 Å². The minimum atomic E-state index is -0.882. The summed E-state index contributed by atoms with van der Waals surface area (Å²) in [6.45, 7) is 6.06. The number of carbonyl (C=O) groups is 1. The van der Waals surface area contributed by atoms with Crippen LogP contribution < -0.4 is 18.9 Å². The average molecular weight is 463 g/mol. The minimum Gasteiger partial charge on any atom is -0.496 e. The summed E-state index contributed by atoms with van der Waals surface area (Å²) in [5.41, 5.74) is 3.67. The quantitative estimate of drug-likeness (QED) is 0.490. The highest BCUT2D eigenvalue weighted by molar-refractivity contribution is 5.75. The van der Waals surface area contributed by atoms with Crippen LogP contribution in [0, 0.1) is 19.8 Å². The molecule has 3 aromatic rings. The summed E-state index contributed by atoms with van der Waals surface area (Å²) >= 11 is 0. The third kappa shape index (κ3) is 4.16. The van der Waals surface area contributed by atoms with Crippen LogP contribution in [0.1, 0.15) is 34.7 Å². The maximum Gasteiger partial charge on any atom is 0.308 e. The van der Waals surface area contributed by atoms with Gasteiger partial charge in [-0.2, -0.15) is 0 Å². The molecular formula is C28H30O6. The van der Waals surface area contributed by atoms with Crippen molar-refractivity contribution < 1.29 is 28.8 Å². The second kappa shape index (κ2) is 9.29. The highest BCUT2D eigenvalue weighted by Crippen LogP contribution is 2.44. The van der Waals surface area contributed by atoms with Gasteiger partial charge in [0.1, 0.15) is 23.0 Å². The predicted octanol–water partition coefficient (Wildman–Crippen LogP) is 5.30. The van der Waals surface area contributed by atoms with Gasteiger partial charge in [-0.15, -0.1) is 0 Å². The lowest BCUT2D eigenvalue weighted by atomic mass is 9.65. The van der Waals surface area contributed by atoms with Crippen molar-refractivity contribution in [1.82, 2.24) is 0 Å². The zero-order valence-electron chi connectivity index (χ0n) is 20.2. The molecule has 6 nitrogen and oxygen atoms in total. The second-order valence-corrected chi connectivity index (χ2v) is 8.84. The SMILES string of the molecule is COc1ccc(C(C)(c2ccc(OC)c(C)c2)C(Cc2ccc3cc2OCO3)C(=O)O)cc1C. The molecule has 1 N–H and O–H groups in total. The number of fused-ring (bicyclic) bond motifs is 2. The zero-order chi connectivity index (χ0) is 24.5. The molecule has 4 rings (SSSR count). The molecule has 1 aliphatic rings. The number of benzene rings is 3. The molecule has 0 fully saturated rings. The van der Waals surface area contributed by atoms with Crippen LogP contribution in [0.4, 0.5) is 0 Å². The van der Waals surface area contributed by atoms with Crippen LogP contribution >= 0.6 is 0 Å². The molecule has 2 bridgehead atoms. The Kier molecular flexibility index (Phi) is 6.42. The number of carboxylic acids is 1. The van der Waals surface area contributed by atoms with E-state index in [9.17, 15) is 9.90 Å². The van der Waals surface area contributed by atoms with E-state index in [0.29, 0.717) is 5.75 Å². The van der Waals surface area contributed by atoms with E-state index in [1.165, 1.54) is 0 Å². The van der Waals surface area contributed by atoms with Crippen molar-refractivity contribution in [3.63, 3.8) is 0 Å². The Bertz CT molecular complexity index is 1160. The van der Waals surface area contributed by atoms with Crippen molar-refractivity contribution in [3.8, 4) is 23.0 Å². The normalized spacial score (nSPS) is 13.4. The fourth-order valence-electron chi connectivity index (χ4n) is 4.82. The molecule has 0 aromatic heterocycles. The molecule has 0 saturated carbocycles. The van der Waals surface area contributed by atoms with E-state index < -0.39 is 17.3 Å². The smallest absolute Gasteiger partial charge is 0.308 e. The molecule has 0 radical (unpaired) electrons. The summed E-state index contributed by atoms with van der Waals surface area (Å²) in [5, 5.41) is 10.6. The Morgan fingerprint density at radius 1 is 0.941 bits per heavy atom. The number of hydrogen-bond acceptors (Lipinski definition) is 5. The fourth-order valence-corrected chi connectivity index (χ4v) is 4.82. The average Bonchev–Trinajstić information content (AvgIpc) is 2.83. The van der Waals surface area contributed by atoms with Crippen molar-refractivity contribution in [3.05, 3.63) is 82.4 Å². The van der Waals surface area contributed by atoms with Gasteiger partial charge >= 0.3 is 5.97 Å². The molecule has 6 heteroatoms. The van der Waals surface area contributed by atoms with Crippen LogP contribution in [0.3, 0.4) is 0 Å². The van der Waals surface area contributed by atoms with Gasteiger partial charge in [-0.1, -0.05) is 37.3 Å². The maximum absolute atomic E-state index is 12.9. The Morgan fingerprint density at radius 2 is 1.53 bits per heavy atom. The van der Waals surface area contributed by atoms with Crippen molar-refractivity contribution in [2.24, 2.45) is 5.92 Å². The van der Waals surface area contributed by atoms with Gasteiger partial charge in [-0.05, 0) is 66.3 Å². The first-order valence-electron chi connectivity index (χ1n) is 11.2. The lowest BCUT2D eigenvalue weighted by molar-refractivity contribution is -0.143. The van der Waals surface area contributed by atoms with E-state index in [0.717, 1.165) is 45.1 Å². The monoisotopic (exact) mass is 462 g/mol. The number of hydrogen-bond donors (Lipinski definition) is 1. The summed E-state index contributed by atoms with van der Waals surface area (Å²) < 4.78 is 22.0. The summed E-state index contributed by atoms with van der Waals surface area (Å²) in [4.78, 5) is 12.9. The van der Waals surface area contributed by atoms with Crippen LogP contribution in [0.15, 0.2) is 54.6 Å². The number of methoxy groups -OCH3 is 2. The van der Waals surface area contributed by atoms with Crippen LogP contribution in [0.25, 0.3) is 0 Å². The number of aryl methyl sites for hydroxylation is 2. The van der Waals surface area contributed by atoms with Gasteiger partial charge in [0.15, 0.2) is 0 Å². The summed E-state index contributed by atoms with van der Waals surface area (Å²) in [5.74, 6) is 1.24. The standard InChI is InChI=1S/C28H30O6/c1-17-12-20(7-10-24(17)31-4)28(3,21-8-11-25(32-5)18(2)13-21)23(27(29)30)14-19-6-9-22-15-26(19)34-16-33-22/h6-13,15,23H,14,16H2,1-5H3,(H,29,30). The van der Waals surface area contributed by atoms with E-state index in [-0.39, 0.29) is 13.2 Å². The molecule has 1 heterocycles. The lowest BCUT2D eigenvalue weighted by Crippen LogP contribution is -2.40. The number of rotatable bonds is 8. The second-order valence-electron chi connectivity index (χ2n) is 8.84. The zero-order valence-corrected chi connectivity index (χ0v) is 20.2. The van der Waals surface area contributed by atoms with E-state index >= 15 is 0 Å². The van der Waals surface area contributed by atoms with Crippen LogP contribution in [-0.4, -0.2) is 32.1 Å². The molecule has 0 spiro atoms. The van der Waals surface area contributed by atoms with E-state index in [4.69, 9.17) is 18.9 Å². The predicted molar refractivity (Wildman–Crippen MR) is 129 cm³/mol. The van der Waals surface area contributed by atoms with Crippen LogP contribution in [0.2, 0.25) is 0 Å². The molecule has 0 amide bonds. The number of ether oxygens (including phenoxy) is 4. The van der Waals surface area contributed by atoms with Gasteiger partial charge in [-0.25, -0.2) is 0 Å². The summed E-state index contributed by atoms with van der Waals surface area (Å²) in [6, 6.07) is 17.3. The van der Waals surface area contributed by atoms with Crippen molar-refractivity contribution >= 4 is 5.97 Å². The highest BCUT2D eigenvalue weighted by Gasteiger charge is 2.43. The molecule has 1 atom stereocenters. The summed E-state index contributed by atoms with van der Waals surface area (Å²) in [6.07, 6.45) is 0.289. The molecule has 1 unspecified atom stereocenters. The Balaban J connectivity index is 1.88. The molecule has 0 saturated heterocycles. The molecule has 34 heavy (non-hydrogen) atoms. The van der Waals surface area contributed by atoms with E-state index in [1.54, 1.807) is 14.2 Å². The van der Waals surface area contributed by atoms with Gasteiger partial charge in [0, 0.05) is 11.5 Å². The third-order valence-corrected chi connectivity index (χ3v) is 6.89. The first-order chi connectivity index (χ1) is 16.3. The van der Waals surface area contributed by atoms with E-state index in [1.807, 2.05) is 75.4 Å². The van der Waals surface area contributed by atoms with E-state index in [2.05, 4.69) is 0 Å². The fraction of sp³-hybridized carbons (Fsp3) is 0.321. The topological polar surface area (TPSA) is 74.2 Å². The first kappa shape index (κ1) is 23.5. The van der Waals surface area contributed by atoms with Gasteiger partial charge < -0.3 is 24.1 Å². The lowest BCUT2D eigenvalue weighted by Gasteiger charge is -2.38. The molecular weight excluding hydrogens is 432 g/mol. The van der Waals surface area contributed by atoms with Gasteiger partial charge in [0.25, 0.3) is 0 Å². The Morgan fingerprint density at radius 3 is 2.03 bits per heavy atom. The highest BCUT2D eigenvalue weighted by atomic mass is 16.7. The number of carboxylic acid groups (broad SMARTS) is 1. The number of aliphatic carboxylic acids is 1. The summed E-state index contributed by atoms with van der Waals surface area (Å²) in [7, 11) is 3.26. The minimum absolute atomic E-state index is 0.124. The third-order valence-electron chi connectivity index (χ3n) is 6.89. The van der Waals surface area contributed by atoms with Crippen molar-refractivity contribution in [1.29, 1.82) is 0 Å². The van der Waals surface area contributed by atoms with Crippen LogP contribution in [-0.2, 0) is 16.6 Å².